The molecule has 8 nitrogen and oxygen atoms in total. The molecular weight excluding hydrogens is 296 g/mol. The number of carbonyl (C=O) groups excluding carboxylic acids is 1. The van der Waals surface area contributed by atoms with Gasteiger partial charge in [0, 0.05) is 46.3 Å². The SMILES string of the molecule is CNC(=O)N1CCN(S(=O)(=O)N2CC(C)OC(C)C2)CC1. The van der Waals surface area contributed by atoms with Gasteiger partial charge in [-0.15, -0.1) is 0 Å². The number of carbonyl (C=O) groups is 1. The Balaban J connectivity index is 1.99. The van der Waals surface area contributed by atoms with E-state index in [4.69, 9.17) is 4.74 Å². The van der Waals surface area contributed by atoms with E-state index in [0.717, 1.165) is 0 Å². The van der Waals surface area contributed by atoms with Gasteiger partial charge in [0.05, 0.1) is 12.2 Å². The maximum atomic E-state index is 12.7. The first-order valence-corrected chi connectivity index (χ1v) is 8.61. The summed E-state index contributed by atoms with van der Waals surface area (Å²) in [5, 5.41) is 2.56. The van der Waals surface area contributed by atoms with Gasteiger partial charge in [0.2, 0.25) is 0 Å². The number of hydrogen-bond acceptors (Lipinski definition) is 4. The summed E-state index contributed by atoms with van der Waals surface area (Å²) < 4.78 is 33.8. The number of ether oxygens (including phenoxy) is 1. The second kappa shape index (κ2) is 6.47. The van der Waals surface area contributed by atoms with Gasteiger partial charge in [-0.3, -0.25) is 0 Å². The minimum Gasteiger partial charge on any atom is -0.373 e. The molecule has 0 aromatic carbocycles. The monoisotopic (exact) mass is 320 g/mol. The maximum Gasteiger partial charge on any atom is 0.317 e. The van der Waals surface area contributed by atoms with Crippen LogP contribution >= 0.6 is 0 Å². The smallest absolute Gasteiger partial charge is 0.317 e. The molecule has 2 heterocycles. The molecule has 1 N–H and O–H groups in total. The predicted molar refractivity (Wildman–Crippen MR) is 78.1 cm³/mol. The van der Waals surface area contributed by atoms with Crippen LogP contribution in [-0.2, 0) is 14.9 Å². The second-order valence-corrected chi connectivity index (χ2v) is 7.45. The van der Waals surface area contributed by atoms with Gasteiger partial charge in [-0.25, -0.2) is 4.79 Å². The van der Waals surface area contributed by atoms with Crippen LogP contribution in [0.1, 0.15) is 13.8 Å². The van der Waals surface area contributed by atoms with E-state index in [1.807, 2.05) is 13.8 Å². The summed E-state index contributed by atoms with van der Waals surface area (Å²) in [5.74, 6) is 0. The van der Waals surface area contributed by atoms with E-state index in [-0.39, 0.29) is 18.2 Å². The van der Waals surface area contributed by atoms with E-state index in [2.05, 4.69) is 5.32 Å². The molecule has 21 heavy (non-hydrogen) atoms. The summed E-state index contributed by atoms with van der Waals surface area (Å²) in [6, 6.07) is -0.166. The highest BCUT2D eigenvalue weighted by Gasteiger charge is 2.37. The molecule has 2 unspecified atom stereocenters. The van der Waals surface area contributed by atoms with Gasteiger partial charge in [0.15, 0.2) is 0 Å². The molecule has 0 spiro atoms. The van der Waals surface area contributed by atoms with Crippen molar-refractivity contribution in [2.24, 2.45) is 0 Å². The molecule has 2 aliphatic heterocycles. The summed E-state index contributed by atoms with van der Waals surface area (Å²) in [6.07, 6.45) is -0.202. The highest BCUT2D eigenvalue weighted by Crippen LogP contribution is 2.18. The lowest BCUT2D eigenvalue weighted by molar-refractivity contribution is -0.0456. The van der Waals surface area contributed by atoms with Gasteiger partial charge >= 0.3 is 6.03 Å². The van der Waals surface area contributed by atoms with Crippen molar-refractivity contribution in [1.82, 2.24) is 18.8 Å². The highest BCUT2D eigenvalue weighted by molar-refractivity contribution is 7.86. The van der Waals surface area contributed by atoms with Crippen LogP contribution in [0.3, 0.4) is 0 Å². The number of urea groups is 1. The molecule has 0 aliphatic carbocycles. The molecule has 9 heteroatoms. The van der Waals surface area contributed by atoms with Gasteiger partial charge in [-0.2, -0.15) is 17.0 Å². The number of hydrogen-bond donors (Lipinski definition) is 1. The first-order chi connectivity index (χ1) is 9.84. The van der Waals surface area contributed by atoms with Crippen molar-refractivity contribution in [3.8, 4) is 0 Å². The Hall–Kier alpha value is -0.900. The Kier molecular flexibility index (Phi) is 5.07. The van der Waals surface area contributed by atoms with Crippen molar-refractivity contribution in [1.29, 1.82) is 0 Å². The van der Waals surface area contributed by atoms with Crippen molar-refractivity contribution in [2.45, 2.75) is 26.1 Å². The summed E-state index contributed by atoms with van der Waals surface area (Å²) in [5.41, 5.74) is 0. The predicted octanol–water partition coefficient (Wildman–Crippen LogP) is -0.703. The topological polar surface area (TPSA) is 82.2 Å². The molecule has 2 amide bonds. The molecule has 2 saturated heterocycles. The quantitative estimate of drug-likeness (QED) is 0.729. The number of rotatable bonds is 2. The van der Waals surface area contributed by atoms with Gasteiger partial charge in [-0.05, 0) is 13.8 Å². The van der Waals surface area contributed by atoms with Crippen LogP contribution in [-0.4, -0.2) is 86.5 Å². The van der Waals surface area contributed by atoms with Crippen molar-refractivity contribution < 1.29 is 17.9 Å². The first kappa shape index (κ1) is 16.5. The molecule has 0 aromatic rings. The zero-order valence-electron chi connectivity index (χ0n) is 12.8. The van der Waals surface area contributed by atoms with Gasteiger partial charge in [-0.1, -0.05) is 0 Å². The van der Waals surface area contributed by atoms with Gasteiger partial charge < -0.3 is 15.0 Å². The number of amides is 2. The van der Waals surface area contributed by atoms with E-state index in [1.165, 1.54) is 8.61 Å². The molecule has 0 aromatic heterocycles. The van der Waals surface area contributed by atoms with E-state index in [9.17, 15) is 13.2 Å². The van der Waals surface area contributed by atoms with Crippen LogP contribution < -0.4 is 5.32 Å². The zero-order chi connectivity index (χ0) is 15.6. The summed E-state index contributed by atoms with van der Waals surface area (Å²) in [4.78, 5) is 13.2. The largest absolute Gasteiger partial charge is 0.373 e. The second-order valence-electron chi connectivity index (χ2n) is 5.52. The summed E-state index contributed by atoms with van der Waals surface area (Å²) in [6.45, 7) is 5.99. The first-order valence-electron chi connectivity index (χ1n) is 7.22. The fraction of sp³-hybridized carbons (Fsp3) is 0.917. The molecule has 0 radical (unpaired) electrons. The van der Waals surface area contributed by atoms with Crippen LogP contribution in [0.2, 0.25) is 0 Å². The molecule has 2 rings (SSSR count). The molecule has 2 aliphatic rings. The summed E-state index contributed by atoms with van der Waals surface area (Å²) >= 11 is 0. The third kappa shape index (κ3) is 3.65. The number of morpholine rings is 1. The zero-order valence-corrected chi connectivity index (χ0v) is 13.6. The van der Waals surface area contributed by atoms with Crippen LogP contribution in [0.5, 0.6) is 0 Å². The average molecular weight is 320 g/mol. The molecule has 2 atom stereocenters. The molecule has 122 valence electrons. The molecule has 0 saturated carbocycles. The number of nitrogens with zero attached hydrogens (tertiary/aromatic N) is 3. The lowest BCUT2D eigenvalue weighted by atomic mass is 10.3. The lowest BCUT2D eigenvalue weighted by Crippen LogP contribution is -2.58. The normalized spacial score (nSPS) is 29.4. The van der Waals surface area contributed by atoms with Crippen LogP contribution in [0.25, 0.3) is 0 Å². The number of piperazine rings is 1. The Morgan fingerprint density at radius 1 is 1.05 bits per heavy atom. The van der Waals surface area contributed by atoms with Gasteiger partial charge in [0.25, 0.3) is 10.2 Å². The van der Waals surface area contributed by atoms with Crippen molar-refractivity contribution >= 4 is 16.2 Å². The molecule has 0 bridgehead atoms. The van der Waals surface area contributed by atoms with E-state index in [0.29, 0.717) is 39.3 Å². The van der Waals surface area contributed by atoms with E-state index < -0.39 is 10.2 Å². The third-order valence-electron chi connectivity index (χ3n) is 3.78. The van der Waals surface area contributed by atoms with Crippen molar-refractivity contribution in [3.63, 3.8) is 0 Å². The minimum absolute atomic E-state index is 0.101. The fourth-order valence-corrected chi connectivity index (χ4v) is 4.51. The average Bonchev–Trinajstić information content (AvgIpc) is 2.45. The minimum atomic E-state index is -3.48. The maximum absolute atomic E-state index is 12.7. The Labute approximate surface area is 126 Å². The fourth-order valence-electron chi connectivity index (χ4n) is 2.76. The van der Waals surface area contributed by atoms with Crippen LogP contribution in [0, 0.1) is 0 Å². The Morgan fingerprint density at radius 2 is 1.57 bits per heavy atom. The van der Waals surface area contributed by atoms with Gasteiger partial charge in [0.1, 0.15) is 0 Å². The van der Waals surface area contributed by atoms with Crippen molar-refractivity contribution in [2.75, 3.05) is 46.3 Å². The van der Waals surface area contributed by atoms with Crippen LogP contribution in [0.15, 0.2) is 0 Å². The third-order valence-corrected chi connectivity index (χ3v) is 5.75. The lowest BCUT2D eigenvalue weighted by Gasteiger charge is -2.40. The van der Waals surface area contributed by atoms with Crippen LogP contribution in [0.4, 0.5) is 4.79 Å². The molecular formula is C12H24N4O4S. The Bertz CT molecular complexity index is 466. The van der Waals surface area contributed by atoms with E-state index in [1.54, 1.807) is 11.9 Å². The summed E-state index contributed by atoms with van der Waals surface area (Å²) in [7, 11) is -1.91. The molecule has 2 fully saturated rings. The number of nitrogens with one attached hydrogen (secondary N) is 1. The Morgan fingerprint density at radius 3 is 2.05 bits per heavy atom. The standard InChI is InChI=1S/C12H24N4O4S/c1-10-8-16(9-11(2)20-10)21(18,19)15-6-4-14(5-7-15)12(17)13-3/h10-11H,4-9H2,1-3H3,(H,13,17). The highest BCUT2D eigenvalue weighted by atomic mass is 32.2. The van der Waals surface area contributed by atoms with Crippen molar-refractivity contribution in [3.05, 3.63) is 0 Å². The van der Waals surface area contributed by atoms with E-state index >= 15 is 0 Å².